The van der Waals surface area contributed by atoms with Gasteiger partial charge in [-0.2, -0.15) is 0 Å². The lowest BCUT2D eigenvalue weighted by molar-refractivity contribution is 0.0950. The molecule has 1 atom stereocenters. The average Bonchev–Trinajstić information content (AvgIpc) is 2.67. The van der Waals surface area contributed by atoms with E-state index in [0.717, 1.165) is 23.6 Å². The number of rotatable bonds is 3. The largest absolute Gasteiger partial charge is 0.350 e. The molecule has 4 heteroatoms. The van der Waals surface area contributed by atoms with E-state index in [4.69, 9.17) is 5.73 Å². The quantitative estimate of drug-likeness (QED) is 0.882. The van der Waals surface area contributed by atoms with Crippen LogP contribution in [0.3, 0.4) is 0 Å². The maximum absolute atomic E-state index is 12.0. The highest BCUT2D eigenvalue weighted by atomic mass is 32.1. The molecule has 0 bridgehead atoms. The molecule has 2 rings (SSSR count). The minimum atomic E-state index is -0.360. The molecule has 1 aromatic heterocycles. The molecule has 18 heavy (non-hydrogen) atoms. The second-order valence-corrected chi connectivity index (χ2v) is 7.22. The van der Waals surface area contributed by atoms with Gasteiger partial charge in [0.2, 0.25) is 0 Å². The zero-order chi connectivity index (χ0) is 13.3. The monoisotopic (exact) mass is 266 g/mol. The molecule has 1 aliphatic rings. The highest BCUT2D eigenvalue weighted by molar-refractivity contribution is 7.14. The molecule has 3 N–H and O–H groups in total. The number of carbonyl (C=O) groups is 1. The van der Waals surface area contributed by atoms with Crippen LogP contribution < -0.4 is 11.1 Å². The van der Waals surface area contributed by atoms with Crippen molar-refractivity contribution in [3.8, 4) is 0 Å². The lowest BCUT2D eigenvalue weighted by Crippen LogP contribution is -2.44. The summed E-state index contributed by atoms with van der Waals surface area (Å²) < 4.78 is 0. The Labute approximate surface area is 113 Å². The van der Waals surface area contributed by atoms with Gasteiger partial charge < -0.3 is 11.1 Å². The number of aryl methyl sites for hydroxylation is 1. The number of amides is 1. The molecule has 3 nitrogen and oxygen atoms in total. The van der Waals surface area contributed by atoms with E-state index in [1.807, 2.05) is 13.8 Å². The molecule has 0 radical (unpaired) electrons. The Morgan fingerprint density at radius 1 is 1.61 bits per heavy atom. The van der Waals surface area contributed by atoms with E-state index in [-0.39, 0.29) is 11.4 Å². The molecule has 0 fully saturated rings. The fourth-order valence-electron chi connectivity index (χ4n) is 2.21. The highest BCUT2D eigenvalue weighted by Gasteiger charge is 2.21. The number of nitrogens with two attached hydrogens (primary N) is 1. The second-order valence-electron chi connectivity index (χ2n) is 6.08. The van der Waals surface area contributed by atoms with Crippen molar-refractivity contribution < 1.29 is 4.79 Å². The van der Waals surface area contributed by atoms with E-state index < -0.39 is 0 Å². The van der Waals surface area contributed by atoms with Gasteiger partial charge in [-0.1, -0.05) is 6.92 Å². The van der Waals surface area contributed by atoms with Gasteiger partial charge in [-0.3, -0.25) is 4.79 Å². The zero-order valence-electron chi connectivity index (χ0n) is 11.4. The van der Waals surface area contributed by atoms with Crippen LogP contribution >= 0.6 is 11.3 Å². The standard InChI is InChI=1S/C14H22N2OS/c1-9-4-5-11-10(6-9)7-12(18-11)13(17)16-8-14(2,3)15/h7,9H,4-6,8,15H2,1-3H3,(H,16,17). The van der Waals surface area contributed by atoms with Crippen molar-refractivity contribution in [3.05, 3.63) is 21.4 Å². The Kier molecular flexibility index (Phi) is 3.78. The van der Waals surface area contributed by atoms with E-state index in [9.17, 15) is 4.79 Å². The number of hydrogen-bond donors (Lipinski definition) is 2. The Hall–Kier alpha value is -0.870. The third kappa shape index (κ3) is 3.33. The first kappa shape index (κ1) is 13.6. The summed E-state index contributed by atoms with van der Waals surface area (Å²) in [6, 6.07) is 2.06. The Morgan fingerprint density at radius 2 is 2.33 bits per heavy atom. The third-order valence-electron chi connectivity index (χ3n) is 3.26. The Balaban J connectivity index is 2.04. The van der Waals surface area contributed by atoms with Crippen LogP contribution in [0.1, 0.15) is 47.3 Å². The van der Waals surface area contributed by atoms with Gasteiger partial charge >= 0.3 is 0 Å². The van der Waals surface area contributed by atoms with Crippen LogP contribution in [0, 0.1) is 5.92 Å². The van der Waals surface area contributed by atoms with E-state index in [1.165, 1.54) is 16.9 Å². The molecular formula is C14H22N2OS. The van der Waals surface area contributed by atoms with Crippen molar-refractivity contribution in [1.82, 2.24) is 5.32 Å². The SMILES string of the molecule is CC1CCc2sc(C(=O)NCC(C)(C)N)cc2C1. The van der Waals surface area contributed by atoms with Gasteiger partial charge in [0, 0.05) is 17.0 Å². The molecule has 0 spiro atoms. The van der Waals surface area contributed by atoms with E-state index in [1.54, 1.807) is 11.3 Å². The highest BCUT2D eigenvalue weighted by Crippen LogP contribution is 2.32. The molecular weight excluding hydrogens is 244 g/mol. The van der Waals surface area contributed by atoms with Crippen LogP contribution in [0.4, 0.5) is 0 Å². The molecule has 1 heterocycles. The summed E-state index contributed by atoms with van der Waals surface area (Å²) >= 11 is 1.64. The van der Waals surface area contributed by atoms with Gasteiger partial charge in [0.05, 0.1) is 4.88 Å². The lowest BCUT2D eigenvalue weighted by atomic mass is 9.90. The van der Waals surface area contributed by atoms with Crippen LogP contribution in [0.15, 0.2) is 6.07 Å². The maximum atomic E-state index is 12.0. The second kappa shape index (κ2) is 5.02. The van der Waals surface area contributed by atoms with Crippen molar-refractivity contribution >= 4 is 17.2 Å². The summed E-state index contributed by atoms with van der Waals surface area (Å²) in [6.45, 7) is 6.60. The number of thiophene rings is 1. The van der Waals surface area contributed by atoms with E-state index in [0.29, 0.717) is 6.54 Å². The Morgan fingerprint density at radius 3 is 3.00 bits per heavy atom. The van der Waals surface area contributed by atoms with Crippen LogP contribution in [0.25, 0.3) is 0 Å². The third-order valence-corrected chi connectivity index (χ3v) is 4.49. The van der Waals surface area contributed by atoms with Gasteiger partial charge in [-0.15, -0.1) is 11.3 Å². The van der Waals surface area contributed by atoms with Crippen molar-refractivity contribution in [2.24, 2.45) is 11.7 Å². The molecule has 1 aliphatic carbocycles. The van der Waals surface area contributed by atoms with Crippen LogP contribution in [-0.2, 0) is 12.8 Å². The van der Waals surface area contributed by atoms with Crippen LogP contribution in [0.2, 0.25) is 0 Å². The smallest absolute Gasteiger partial charge is 0.261 e. The first-order valence-corrected chi connectivity index (χ1v) is 7.35. The van der Waals surface area contributed by atoms with Crippen molar-refractivity contribution in [3.63, 3.8) is 0 Å². The van der Waals surface area contributed by atoms with Gasteiger partial charge in [0.1, 0.15) is 0 Å². The fourth-order valence-corrected chi connectivity index (χ4v) is 3.34. The molecule has 1 unspecified atom stereocenters. The van der Waals surface area contributed by atoms with Gasteiger partial charge in [-0.25, -0.2) is 0 Å². The van der Waals surface area contributed by atoms with Crippen LogP contribution in [0.5, 0.6) is 0 Å². The maximum Gasteiger partial charge on any atom is 0.261 e. The van der Waals surface area contributed by atoms with Gasteiger partial charge in [-0.05, 0) is 50.7 Å². The minimum Gasteiger partial charge on any atom is -0.350 e. The molecule has 1 amide bonds. The summed E-state index contributed by atoms with van der Waals surface area (Å²) in [4.78, 5) is 14.3. The summed E-state index contributed by atoms with van der Waals surface area (Å²) in [7, 11) is 0. The first-order valence-electron chi connectivity index (χ1n) is 6.54. The van der Waals surface area contributed by atoms with Crippen molar-refractivity contribution in [2.75, 3.05) is 6.54 Å². The number of nitrogens with one attached hydrogen (secondary N) is 1. The summed E-state index contributed by atoms with van der Waals surface area (Å²) in [5, 5.41) is 2.91. The molecule has 0 aliphatic heterocycles. The topological polar surface area (TPSA) is 55.1 Å². The van der Waals surface area contributed by atoms with E-state index in [2.05, 4.69) is 18.3 Å². The normalized spacial score (nSPS) is 19.4. The molecule has 1 aromatic rings. The first-order chi connectivity index (χ1) is 8.35. The fraction of sp³-hybridized carbons (Fsp3) is 0.643. The summed E-state index contributed by atoms with van der Waals surface area (Å²) in [5.74, 6) is 0.756. The summed E-state index contributed by atoms with van der Waals surface area (Å²) in [6.07, 6.45) is 3.47. The predicted molar refractivity (Wildman–Crippen MR) is 76.1 cm³/mol. The predicted octanol–water partition coefficient (Wildman–Crippen LogP) is 2.34. The average molecular weight is 266 g/mol. The molecule has 100 valence electrons. The number of carbonyl (C=O) groups excluding carboxylic acids is 1. The number of fused-ring (bicyclic) bond motifs is 1. The van der Waals surface area contributed by atoms with Crippen molar-refractivity contribution in [2.45, 2.75) is 45.6 Å². The number of hydrogen-bond acceptors (Lipinski definition) is 3. The molecule has 0 saturated carbocycles. The van der Waals surface area contributed by atoms with Crippen molar-refractivity contribution in [1.29, 1.82) is 0 Å². The zero-order valence-corrected chi connectivity index (χ0v) is 12.2. The van der Waals surface area contributed by atoms with Gasteiger partial charge in [0.15, 0.2) is 0 Å². The minimum absolute atomic E-state index is 0.0144. The molecule has 0 aromatic carbocycles. The molecule has 0 saturated heterocycles. The summed E-state index contributed by atoms with van der Waals surface area (Å²) in [5.41, 5.74) is 6.88. The van der Waals surface area contributed by atoms with Gasteiger partial charge in [0.25, 0.3) is 5.91 Å². The van der Waals surface area contributed by atoms with E-state index >= 15 is 0 Å². The van der Waals surface area contributed by atoms with Crippen LogP contribution in [-0.4, -0.2) is 18.0 Å². The Bertz CT molecular complexity index is 445. The lowest BCUT2D eigenvalue weighted by Gasteiger charge is -2.18.